The molecule has 56 heavy (non-hydrogen) atoms. The molecule has 4 N–H and O–H groups in total. The van der Waals surface area contributed by atoms with Crippen LogP contribution in [0.4, 0.5) is 0 Å². The molecular formula is C44H58N8O2S2. The second-order valence-electron chi connectivity index (χ2n) is 16.4. The van der Waals surface area contributed by atoms with Gasteiger partial charge in [0.25, 0.3) is 0 Å². The van der Waals surface area contributed by atoms with Gasteiger partial charge < -0.3 is 21.3 Å². The van der Waals surface area contributed by atoms with Crippen LogP contribution in [0.1, 0.15) is 101 Å². The Morgan fingerprint density at radius 1 is 0.589 bits per heavy atom. The number of rotatable bonds is 13. The van der Waals surface area contributed by atoms with Gasteiger partial charge in [-0.3, -0.25) is 19.0 Å². The van der Waals surface area contributed by atoms with Crippen molar-refractivity contribution < 1.29 is 9.59 Å². The minimum Gasteiger partial charge on any atom is -0.331 e. The van der Waals surface area contributed by atoms with Gasteiger partial charge in [0.2, 0.25) is 11.8 Å². The number of fused-ring (bicyclic) bond motifs is 2. The van der Waals surface area contributed by atoms with E-state index in [2.05, 4.69) is 45.8 Å². The SMILES string of the molecule is N[C@@H](CSSC[C@H](N)C(=O)N1CCn2nc(-c3ccccc3)cc2[C@H]1CC1CCCCC1)C(=O)N1CCn2nc(-c3ccccc3)cc2C1CC1CCCCC1. The van der Waals surface area contributed by atoms with E-state index in [9.17, 15) is 9.59 Å². The van der Waals surface area contributed by atoms with E-state index in [1.807, 2.05) is 46.2 Å². The van der Waals surface area contributed by atoms with Crippen molar-refractivity contribution in [2.24, 2.45) is 23.3 Å². The summed E-state index contributed by atoms with van der Waals surface area (Å²) in [7, 11) is 3.10. The van der Waals surface area contributed by atoms with E-state index in [4.69, 9.17) is 21.7 Å². The van der Waals surface area contributed by atoms with Crippen molar-refractivity contribution in [1.82, 2.24) is 29.4 Å². The normalized spacial score (nSPS) is 21.7. The molecule has 2 saturated carbocycles. The summed E-state index contributed by atoms with van der Waals surface area (Å²) in [6.45, 7) is 2.53. The van der Waals surface area contributed by atoms with Crippen LogP contribution in [0.15, 0.2) is 72.8 Å². The second-order valence-corrected chi connectivity index (χ2v) is 19.0. The first-order valence-electron chi connectivity index (χ1n) is 21.1. The van der Waals surface area contributed by atoms with E-state index in [1.165, 1.54) is 64.2 Å². The maximum absolute atomic E-state index is 14.1. The number of aromatic nitrogens is 4. The number of nitrogens with two attached hydrogens (primary N) is 2. The highest BCUT2D eigenvalue weighted by Gasteiger charge is 2.38. The van der Waals surface area contributed by atoms with Gasteiger partial charge in [0.1, 0.15) is 0 Å². The lowest BCUT2D eigenvalue weighted by atomic mass is 9.83. The minimum atomic E-state index is -0.641. The van der Waals surface area contributed by atoms with E-state index < -0.39 is 12.1 Å². The van der Waals surface area contributed by atoms with E-state index >= 15 is 0 Å². The van der Waals surface area contributed by atoms with Crippen LogP contribution in [0.25, 0.3) is 22.5 Å². The molecule has 4 heterocycles. The molecule has 4 atom stereocenters. The Bertz CT molecular complexity index is 1770. The van der Waals surface area contributed by atoms with Crippen molar-refractivity contribution in [1.29, 1.82) is 0 Å². The molecule has 2 aromatic carbocycles. The van der Waals surface area contributed by atoms with E-state index in [0.717, 1.165) is 46.7 Å². The first-order chi connectivity index (χ1) is 27.4. The predicted molar refractivity (Wildman–Crippen MR) is 227 cm³/mol. The van der Waals surface area contributed by atoms with Crippen LogP contribution < -0.4 is 11.5 Å². The number of amides is 2. The molecule has 2 aliphatic carbocycles. The Hall–Kier alpha value is -3.58. The zero-order valence-electron chi connectivity index (χ0n) is 32.6. The first kappa shape index (κ1) is 39.3. The summed E-state index contributed by atoms with van der Waals surface area (Å²) >= 11 is 0. The molecular weight excluding hydrogens is 737 g/mol. The highest BCUT2D eigenvalue weighted by atomic mass is 33.1. The molecule has 10 nitrogen and oxygen atoms in total. The Kier molecular flexibility index (Phi) is 12.9. The number of benzene rings is 2. The fourth-order valence-corrected chi connectivity index (χ4v) is 11.8. The monoisotopic (exact) mass is 794 g/mol. The molecule has 2 amide bonds. The third kappa shape index (κ3) is 8.93. The molecule has 1 unspecified atom stereocenters. The second kappa shape index (κ2) is 18.3. The lowest BCUT2D eigenvalue weighted by Gasteiger charge is -2.40. The summed E-state index contributed by atoms with van der Waals surface area (Å²) in [5.74, 6) is 2.11. The van der Waals surface area contributed by atoms with Gasteiger partial charge in [-0.15, -0.1) is 0 Å². The molecule has 0 bridgehead atoms. The van der Waals surface area contributed by atoms with Crippen molar-refractivity contribution in [3.05, 3.63) is 84.2 Å². The van der Waals surface area contributed by atoms with E-state index in [1.54, 1.807) is 21.6 Å². The van der Waals surface area contributed by atoms with Gasteiger partial charge in [0.15, 0.2) is 0 Å². The molecule has 0 spiro atoms. The molecule has 0 saturated heterocycles. The van der Waals surface area contributed by atoms with Crippen LogP contribution in [-0.2, 0) is 22.7 Å². The average molecular weight is 795 g/mol. The lowest BCUT2D eigenvalue weighted by Crippen LogP contribution is -2.51. The van der Waals surface area contributed by atoms with Gasteiger partial charge in [-0.25, -0.2) is 0 Å². The summed E-state index contributed by atoms with van der Waals surface area (Å²) in [4.78, 5) is 32.3. The summed E-state index contributed by atoms with van der Waals surface area (Å²) in [6, 6.07) is 23.6. The van der Waals surface area contributed by atoms with Crippen LogP contribution >= 0.6 is 21.6 Å². The standard InChI is InChI=1S/C44H58N8O2S2/c45-35(43(53)49-21-23-51-41(39(49)25-31-13-5-1-6-14-31)27-37(47-51)33-17-9-3-10-18-33)29-55-56-30-36(46)44(54)50-22-24-52-42(40(50)26-32-15-7-2-8-16-32)28-38(48-52)34-19-11-4-12-20-34/h3-4,9-12,17-20,27-28,31-32,35-36,39-40H,1-2,5-8,13-16,21-26,29-30,45-46H2/t35-,36-,39+,40?/m0/s1. The van der Waals surface area contributed by atoms with Crippen LogP contribution in [0.5, 0.6) is 0 Å². The van der Waals surface area contributed by atoms with Crippen molar-refractivity contribution in [3.8, 4) is 22.5 Å². The molecule has 8 rings (SSSR count). The molecule has 4 aromatic rings. The Balaban J connectivity index is 0.891. The maximum atomic E-state index is 14.1. The van der Waals surface area contributed by atoms with Crippen LogP contribution in [0.3, 0.4) is 0 Å². The minimum absolute atomic E-state index is 0.00153. The summed E-state index contributed by atoms with van der Waals surface area (Å²) < 4.78 is 4.23. The summed E-state index contributed by atoms with van der Waals surface area (Å²) in [5.41, 5.74) is 19.7. The van der Waals surface area contributed by atoms with Gasteiger partial charge in [0, 0.05) is 35.7 Å². The van der Waals surface area contributed by atoms with Crippen molar-refractivity contribution >= 4 is 33.4 Å². The van der Waals surface area contributed by atoms with Crippen molar-refractivity contribution in [2.45, 2.75) is 114 Å². The summed E-state index contributed by atoms with van der Waals surface area (Å²) in [6.07, 6.45) is 14.4. The van der Waals surface area contributed by atoms with E-state index in [-0.39, 0.29) is 23.9 Å². The quantitative estimate of drug-likeness (QED) is 0.104. The Labute approximate surface area is 339 Å². The van der Waals surface area contributed by atoms with Gasteiger partial charge in [-0.05, 0) is 36.8 Å². The molecule has 0 radical (unpaired) electrons. The molecule has 12 heteroatoms. The average Bonchev–Trinajstić information content (AvgIpc) is 3.89. The van der Waals surface area contributed by atoms with Crippen LogP contribution in [-0.4, -0.2) is 77.9 Å². The van der Waals surface area contributed by atoms with E-state index in [0.29, 0.717) is 49.5 Å². The maximum Gasteiger partial charge on any atom is 0.241 e. The number of hydrogen-bond acceptors (Lipinski definition) is 8. The number of carbonyl (C=O) groups is 2. The largest absolute Gasteiger partial charge is 0.331 e. The fourth-order valence-electron chi connectivity index (χ4n) is 9.61. The zero-order valence-corrected chi connectivity index (χ0v) is 34.2. The molecule has 4 aliphatic rings. The Morgan fingerprint density at radius 3 is 1.38 bits per heavy atom. The lowest BCUT2D eigenvalue weighted by molar-refractivity contribution is -0.137. The van der Waals surface area contributed by atoms with Crippen LogP contribution in [0, 0.1) is 11.8 Å². The fraction of sp³-hybridized carbons (Fsp3) is 0.545. The Morgan fingerprint density at radius 2 is 0.982 bits per heavy atom. The van der Waals surface area contributed by atoms with Crippen molar-refractivity contribution in [3.63, 3.8) is 0 Å². The number of nitrogens with zero attached hydrogens (tertiary/aromatic N) is 6. The molecule has 2 fully saturated rings. The molecule has 298 valence electrons. The van der Waals surface area contributed by atoms with Gasteiger partial charge in [-0.2, -0.15) is 10.2 Å². The van der Waals surface area contributed by atoms with Crippen LogP contribution in [0.2, 0.25) is 0 Å². The first-order valence-corrected chi connectivity index (χ1v) is 23.5. The smallest absolute Gasteiger partial charge is 0.241 e. The number of carbonyl (C=O) groups excluding carboxylic acids is 2. The third-order valence-electron chi connectivity index (χ3n) is 12.6. The predicted octanol–water partition coefficient (Wildman–Crippen LogP) is 7.86. The third-order valence-corrected chi connectivity index (χ3v) is 15.1. The molecule has 2 aliphatic heterocycles. The van der Waals surface area contributed by atoms with Gasteiger partial charge >= 0.3 is 0 Å². The van der Waals surface area contributed by atoms with Gasteiger partial charge in [-0.1, -0.05) is 146 Å². The number of hydrogen-bond donors (Lipinski definition) is 2. The molecule has 2 aromatic heterocycles. The van der Waals surface area contributed by atoms with Gasteiger partial charge in [0.05, 0.1) is 60.0 Å². The summed E-state index contributed by atoms with van der Waals surface area (Å²) in [5, 5.41) is 9.96. The zero-order chi connectivity index (χ0) is 38.4. The highest BCUT2D eigenvalue weighted by molar-refractivity contribution is 8.76. The highest BCUT2D eigenvalue weighted by Crippen LogP contribution is 2.40. The topological polar surface area (TPSA) is 128 Å². The van der Waals surface area contributed by atoms with Crippen molar-refractivity contribution in [2.75, 3.05) is 24.6 Å².